The molecule has 35 heavy (non-hydrogen) atoms. The number of nitrogens with one attached hydrogen (secondary N) is 2. The Kier molecular flexibility index (Phi) is 6.61. The van der Waals surface area contributed by atoms with Crippen LogP contribution in [0.3, 0.4) is 0 Å². The van der Waals surface area contributed by atoms with Gasteiger partial charge in [0.05, 0.1) is 4.88 Å². The Bertz CT molecular complexity index is 1340. The number of piperazine rings is 1. The summed E-state index contributed by atoms with van der Waals surface area (Å²) in [6.45, 7) is 8.24. The summed E-state index contributed by atoms with van der Waals surface area (Å²) in [4.78, 5) is 32.1. The van der Waals surface area contributed by atoms with Crippen LogP contribution in [0.4, 0.5) is 16.8 Å². The van der Waals surface area contributed by atoms with Gasteiger partial charge in [-0.3, -0.25) is 9.69 Å². The number of aromatic nitrogens is 3. The molecule has 0 saturated carbocycles. The van der Waals surface area contributed by atoms with Crippen molar-refractivity contribution in [3.8, 4) is 10.4 Å². The standard InChI is InChI=1S/C26H29N7OS/c1-17(2)32-8-10-33(11-9-32)24-14-19(6-7-28-24)25(34)31-23-13-21-12-18(4-5-20(21)15-29-23)22-16-30-26(27-3)35-22/h4-7,12-17H,8-11H2,1-3H3,(H,27,30)(H,29,31,34). The van der Waals surface area contributed by atoms with E-state index in [4.69, 9.17) is 0 Å². The van der Waals surface area contributed by atoms with Crippen LogP contribution >= 0.6 is 11.3 Å². The van der Waals surface area contributed by atoms with Crippen LogP contribution in [-0.4, -0.2) is 65.0 Å². The maximum atomic E-state index is 13.0. The summed E-state index contributed by atoms with van der Waals surface area (Å²) in [6, 6.07) is 12.3. The molecule has 180 valence electrons. The molecule has 0 atom stereocenters. The molecular weight excluding hydrogens is 458 g/mol. The van der Waals surface area contributed by atoms with E-state index < -0.39 is 0 Å². The van der Waals surface area contributed by atoms with Gasteiger partial charge in [-0.1, -0.05) is 23.5 Å². The van der Waals surface area contributed by atoms with E-state index in [1.807, 2.05) is 31.4 Å². The van der Waals surface area contributed by atoms with Gasteiger partial charge in [-0.2, -0.15) is 0 Å². The minimum absolute atomic E-state index is 0.196. The van der Waals surface area contributed by atoms with Crippen LogP contribution in [0.5, 0.6) is 0 Å². The summed E-state index contributed by atoms with van der Waals surface area (Å²) in [5.74, 6) is 1.16. The second-order valence-corrected chi connectivity index (χ2v) is 9.92. The second kappa shape index (κ2) is 9.97. The summed E-state index contributed by atoms with van der Waals surface area (Å²) >= 11 is 1.60. The van der Waals surface area contributed by atoms with Crippen molar-refractivity contribution in [2.45, 2.75) is 19.9 Å². The number of anilines is 3. The molecule has 4 aromatic rings. The minimum atomic E-state index is -0.196. The summed E-state index contributed by atoms with van der Waals surface area (Å²) in [7, 11) is 1.86. The molecule has 2 N–H and O–H groups in total. The minimum Gasteiger partial charge on any atom is -0.365 e. The number of benzene rings is 1. The number of hydrogen-bond acceptors (Lipinski definition) is 8. The largest absolute Gasteiger partial charge is 0.365 e. The van der Waals surface area contributed by atoms with Crippen LogP contribution in [0.2, 0.25) is 0 Å². The highest BCUT2D eigenvalue weighted by atomic mass is 32.1. The number of hydrogen-bond donors (Lipinski definition) is 2. The molecule has 0 bridgehead atoms. The molecule has 0 aliphatic carbocycles. The lowest BCUT2D eigenvalue weighted by Crippen LogP contribution is -2.49. The number of thiazole rings is 1. The Morgan fingerprint density at radius 3 is 2.54 bits per heavy atom. The highest BCUT2D eigenvalue weighted by Gasteiger charge is 2.20. The molecule has 1 fully saturated rings. The van der Waals surface area contributed by atoms with Crippen molar-refractivity contribution in [3.05, 3.63) is 60.6 Å². The van der Waals surface area contributed by atoms with E-state index >= 15 is 0 Å². The Hall–Kier alpha value is -3.56. The van der Waals surface area contributed by atoms with Crippen molar-refractivity contribution in [1.82, 2.24) is 19.9 Å². The molecule has 0 radical (unpaired) electrons. The quantitative estimate of drug-likeness (QED) is 0.412. The van der Waals surface area contributed by atoms with Gasteiger partial charge in [0.1, 0.15) is 11.6 Å². The van der Waals surface area contributed by atoms with Crippen LogP contribution < -0.4 is 15.5 Å². The van der Waals surface area contributed by atoms with Crippen LogP contribution in [0.15, 0.2) is 55.0 Å². The average molecular weight is 488 g/mol. The van der Waals surface area contributed by atoms with E-state index in [-0.39, 0.29) is 5.91 Å². The predicted molar refractivity (Wildman–Crippen MR) is 144 cm³/mol. The van der Waals surface area contributed by atoms with Gasteiger partial charge in [-0.15, -0.1) is 0 Å². The average Bonchev–Trinajstić information content (AvgIpc) is 3.38. The lowest BCUT2D eigenvalue weighted by Gasteiger charge is -2.37. The molecule has 1 aromatic carbocycles. The monoisotopic (exact) mass is 487 g/mol. The lowest BCUT2D eigenvalue weighted by molar-refractivity contribution is 0.102. The molecule has 4 heterocycles. The van der Waals surface area contributed by atoms with Gasteiger partial charge < -0.3 is 15.5 Å². The van der Waals surface area contributed by atoms with Gasteiger partial charge in [0.2, 0.25) is 0 Å². The van der Waals surface area contributed by atoms with Gasteiger partial charge >= 0.3 is 0 Å². The highest BCUT2D eigenvalue weighted by Crippen LogP contribution is 2.31. The zero-order valence-electron chi connectivity index (χ0n) is 20.2. The van der Waals surface area contributed by atoms with E-state index in [0.29, 0.717) is 17.4 Å². The second-order valence-electron chi connectivity index (χ2n) is 8.88. The SMILES string of the molecule is CNc1ncc(-c2ccc3cnc(NC(=O)c4ccnc(N5CCN(C(C)C)CC5)c4)cc3c2)s1. The van der Waals surface area contributed by atoms with Crippen LogP contribution in [0, 0.1) is 0 Å². The van der Waals surface area contributed by atoms with Crippen LogP contribution in [-0.2, 0) is 0 Å². The fourth-order valence-electron chi connectivity index (χ4n) is 4.27. The third-order valence-electron chi connectivity index (χ3n) is 6.34. The van der Waals surface area contributed by atoms with E-state index in [0.717, 1.165) is 58.3 Å². The predicted octanol–water partition coefficient (Wildman–Crippen LogP) is 4.58. The first kappa shape index (κ1) is 23.2. The Balaban J connectivity index is 1.31. The molecule has 1 amide bonds. The number of fused-ring (bicyclic) bond motifs is 1. The molecule has 9 heteroatoms. The third kappa shape index (κ3) is 5.11. The third-order valence-corrected chi connectivity index (χ3v) is 7.41. The van der Waals surface area contributed by atoms with Crippen molar-refractivity contribution in [2.24, 2.45) is 0 Å². The first-order valence-corrected chi connectivity index (χ1v) is 12.6. The molecule has 1 aliphatic heterocycles. The smallest absolute Gasteiger partial charge is 0.257 e. The molecule has 5 rings (SSSR count). The maximum absolute atomic E-state index is 13.0. The molecule has 1 saturated heterocycles. The van der Waals surface area contributed by atoms with Crippen molar-refractivity contribution in [3.63, 3.8) is 0 Å². The molecule has 3 aromatic heterocycles. The zero-order chi connectivity index (χ0) is 24.4. The molecule has 0 unspecified atom stereocenters. The Labute approximate surface area is 209 Å². The van der Waals surface area contributed by atoms with E-state index in [9.17, 15) is 4.79 Å². The first-order chi connectivity index (χ1) is 17.0. The van der Waals surface area contributed by atoms with E-state index in [1.165, 1.54) is 0 Å². The maximum Gasteiger partial charge on any atom is 0.257 e. The first-order valence-electron chi connectivity index (χ1n) is 11.8. The Morgan fingerprint density at radius 1 is 0.971 bits per heavy atom. The van der Waals surface area contributed by atoms with Gasteiger partial charge in [0.15, 0.2) is 5.13 Å². The van der Waals surface area contributed by atoms with Crippen molar-refractivity contribution in [2.75, 3.05) is 48.8 Å². The molecule has 8 nitrogen and oxygen atoms in total. The number of rotatable bonds is 6. The number of amides is 1. The number of carbonyl (C=O) groups excluding carboxylic acids is 1. The topological polar surface area (TPSA) is 86.3 Å². The molecule has 0 spiro atoms. The highest BCUT2D eigenvalue weighted by molar-refractivity contribution is 7.18. The summed E-state index contributed by atoms with van der Waals surface area (Å²) < 4.78 is 0. The van der Waals surface area contributed by atoms with E-state index in [1.54, 1.807) is 29.8 Å². The van der Waals surface area contributed by atoms with Crippen LogP contribution in [0.25, 0.3) is 21.2 Å². The summed E-state index contributed by atoms with van der Waals surface area (Å²) in [5.41, 5.74) is 1.65. The molecular formula is C26H29N7OS. The summed E-state index contributed by atoms with van der Waals surface area (Å²) in [6.07, 6.45) is 5.35. The van der Waals surface area contributed by atoms with Gasteiger partial charge in [0.25, 0.3) is 5.91 Å². The number of carbonyl (C=O) groups is 1. The van der Waals surface area contributed by atoms with Gasteiger partial charge in [-0.05, 0) is 49.1 Å². The van der Waals surface area contributed by atoms with Crippen molar-refractivity contribution < 1.29 is 4.79 Å². The fourth-order valence-corrected chi connectivity index (χ4v) is 5.04. The summed E-state index contributed by atoms with van der Waals surface area (Å²) in [5, 5.41) is 8.92. The normalized spacial score (nSPS) is 14.5. The molecule has 1 aliphatic rings. The van der Waals surface area contributed by atoms with Crippen molar-refractivity contribution in [1.29, 1.82) is 0 Å². The zero-order valence-corrected chi connectivity index (χ0v) is 21.0. The number of pyridine rings is 2. The van der Waals surface area contributed by atoms with Gasteiger partial charge in [0, 0.05) is 68.8 Å². The lowest BCUT2D eigenvalue weighted by atomic mass is 10.1. The van der Waals surface area contributed by atoms with Crippen LogP contribution in [0.1, 0.15) is 24.2 Å². The van der Waals surface area contributed by atoms with E-state index in [2.05, 4.69) is 61.4 Å². The van der Waals surface area contributed by atoms with Crippen molar-refractivity contribution >= 4 is 44.8 Å². The fraction of sp³-hybridized carbons (Fsp3) is 0.308. The van der Waals surface area contributed by atoms with Gasteiger partial charge in [-0.25, -0.2) is 15.0 Å². The Morgan fingerprint density at radius 2 is 1.80 bits per heavy atom. The number of nitrogens with zero attached hydrogens (tertiary/aromatic N) is 5.